The highest BCUT2D eigenvalue weighted by Crippen LogP contribution is 2.30. The molecule has 0 fully saturated rings. The van der Waals surface area contributed by atoms with E-state index in [-0.39, 0.29) is 0 Å². The zero-order valence-electron chi connectivity index (χ0n) is 10.7. The summed E-state index contributed by atoms with van der Waals surface area (Å²) in [6, 6.07) is 4.03. The minimum absolute atomic E-state index is 0.509. The van der Waals surface area contributed by atoms with Crippen LogP contribution in [-0.2, 0) is 0 Å². The predicted molar refractivity (Wildman–Crippen MR) is 66.0 cm³/mol. The van der Waals surface area contributed by atoms with Gasteiger partial charge in [-0.1, -0.05) is 6.07 Å². The molecule has 1 atom stereocenters. The maximum absolute atomic E-state index is 10.2. The topological polar surface area (TPSA) is 32.7 Å². The number of hydrogen-bond acceptors (Lipinski definition) is 3. The average Bonchev–Trinajstić information content (AvgIpc) is 2.14. The molecule has 3 nitrogen and oxygen atoms in total. The van der Waals surface area contributed by atoms with Crippen molar-refractivity contribution < 1.29 is 9.84 Å². The standard InChI is InChI=1S/C13H21NO2/c1-9-6-10(2)13(12(7-9)16-5)11(15)8-14(3)4/h6-7,11,15H,8H2,1-5H3. The average molecular weight is 223 g/mol. The number of aliphatic hydroxyl groups excluding tert-OH is 1. The van der Waals surface area contributed by atoms with Crippen molar-refractivity contribution in [3.05, 3.63) is 28.8 Å². The fourth-order valence-electron chi connectivity index (χ4n) is 1.97. The van der Waals surface area contributed by atoms with Crippen molar-refractivity contribution >= 4 is 0 Å². The second kappa shape index (κ2) is 5.32. The minimum Gasteiger partial charge on any atom is -0.496 e. The summed E-state index contributed by atoms with van der Waals surface area (Å²) in [6.45, 7) is 4.63. The normalized spacial score (nSPS) is 12.9. The van der Waals surface area contributed by atoms with Crippen molar-refractivity contribution in [3.8, 4) is 5.75 Å². The van der Waals surface area contributed by atoms with E-state index in [9.17, 15) is 5.11 Å². The Morgan fingerprint density at radius 3 is 2.44 bits per heavy atom. The molecule has 0 aromatic heterocycles. The van der Waals surface area contributed by atoms with E-state index in [1.807, 2.05) is 38.9 Å². The lowest BCUT2D eigenvalue weighted by atomic mass is 9.99. The summed E-state index contributed by atoms with van der Waals surface area (Å²) < 4.78 is 5.33. The molecule has 1 unspecified atom stereocenters. The quantitative estimate of drug-likeness (QED) is 0.846. The number of hydrogen-bond donors (Lipinski definition) is 1. The van der Waals surface area contributed by atoms with E-state index in [0.717, 1.165) is 22.4 Å². The lowest BCUT2D eigenvalue weighted by Crippen LogP contribution is -2.21. The summed E-state index contributed by atoms with van der Waals surface area (Å²) >= 11 is 0. The second-order valence-electron chi connectivity index (χ2n) is 4.48. The van der Waals surface area contributed by atoms with Crippen LogP contribution < -0.4 is 4.74 Å². The highest BCUT2D eigenvalue weighted by atomic mass is 16.5. The van der Waals surface area contributed by atoms with E-state index in [0.29, 0.717) is 6.54 Å². The van der Waals surface area contributed by atoms with Crippen LogP contribution in [0, 0.1) is 13.8 Å². The fraction of sp³-hybridized carbons (Fsp3) is 0.538. The molecule has 0 aliphatic carbocycles. The number of ether oxygens (including phenoxy) is 1. The Morgan fingerprint density at radius 2 is 1.94 bits per heavy atom. The first-order valence-corrected chi connectivity index (χ1v) is 5.43. The fourth-order valence-corrected chi connectivity index (χ4v) is 1.97. The van der Waals surface area contributed by atoms with Crippen molar-refractivity contribution in [2.45, 2.75) is 20.0 Å². The summed E-state index contributed by atoms with van der Waals surface area (Å²) in [5.74, 6) is 0.770. The molecular weight excluding hydrogens is 202 g/mol. The largest absolute Gasteiger partial charge is 0.496 e. The number of methoxy groups -OCH3 is 1. The monoisotopic (exact) mass is 223 g/mol. The van der Waals surface area contributed by atoms with Crippen LogP contribution in [0.2, 0.25) is 0 Å². The first kappa shape index (κ1) is 13.0. The van der Waals surface area contributed by atoms with Crippen LogP contribution in [0.5, 0.6) is 5.75 Å². The van der Waals surface area contributed by atoms with Crippen molar-refractivity contribution in [2.75, 3.05) is 27.7 Å². The first-order valence-electron chi connectivity index (χ1n) is 5.43. The molecule has 0 aliphatic rings. The predicted octanol–water partition coefficient (Wildman–Crippen LogP) is 1.91. The van der Waals surface area contributed by atoms with Gasteiger partial charge in [0.1, 0.15) is 5.75 Å². The molecule has 1 aromatic carbocycles. The van der Waals surface area contributed by atoms with Gasteiger partial charge in [-0.2, -0.15) is 0 Å². The third-order valence-corrected chi connectivity index (χ3v) is 2.58. The molecular formula is C13H21NO2. The van der Waals surface area contributed by atoms with Crippen molar-refractivity contribution in [1.29, 1.82) is 0 Å². The van der Waals surface area contributed by atoms with Gasteiger partial charge in [0.05, 0.1) is 13.2 Å². The molecule has 0 amide bonds. The second-order valence-corrected chi connectivity index (χ2v) is 4.48. The van der Waals surface area contributed by atoms with E-state index >= 15 is 0 Å². The maximum Gasteiger partial charge on any atom is 0.125 e. The molecule has 1 aromatic rings. The van der Waals surface area contributed by atoms with Crippen LogP contribution in [-0.4, -0.2) is 37.8 Å². The summed E-state index contributed by atoms with van der Waals surface area (Å²) in [5.41, 5.74) is 3.11. The molecule has 3 heteroatoms. The van der Waals surface area contributed by atoms with Gasteiger partial charge in [-0.15, -0.1) is 0 Å². The van der Waals surface area contributed by atoms with E-state index < -0.39 is 6.10 Å². The zero-order chi connectivity index (χ0) is 12.3. The van der Waals surface area contributed by atoms with Crippen molar-refractivity contribution in [2.24, 2.45) is 0 Å². The number of nitrogens with zero attached hydrogens (tertiary/aromatic N) is 1. The van der Waals surface area contributed by atoms with E-state index in [1.165, 1.54) is 0 Å². The van der Waals surface area contributed by atoms with Gasteiger partial charge in [0.15, 0.2) is 0 Å². The summed E-state index contributed by atoms with van der Waals surface area (Å²) in [6.07, 6.45) is -0.509. The van der Waals surface area contributed by atoms with Gasteiger partial charge >= 0.3 is 0 Å². The molecule has 0 bridgehead atoms. The molecule has 1 rings (SSSR count). The Morgan fingerprint density at radius 1 is 1.31 bits per heavy atom. The summed E-state index contributed by atoms with van der Waals surface area (Å²) in [7, 11) is 5.53. The van der Waals surface area contributed by atoms with Gasteiger partial charge in [-0.3, -0.25) is 0 Å². The first-order chi connectivity index (χ1) is 7.45. The summed E-state index contributed by atoms with van der Waals surface area (Å²) in [4.78, 5) is 1.96. The molecule has 1 N–H and O–H groups in total. The van der Waals surface area contributed by atoms with Crippen LogP contribution in [0.1, 0.15) is 22.8 Å². The minimum atomic E-state index is -0.509. The number of aliphatic hydroxyl groups is 1. The molecule has 0 saturated carbocycles. The van der Waals surface area contributed by atoms with Crippen LogP contribution in [0.25, 0.3) is 0 Å². The lowest BCUT2D eigenvalue weighted by molar-refractivity contribution is 0.134. The maximum atomic E-state index is 10.2. The molecule has 0 radical (unpaired) electrons. The Balaban J connectivity index is 3.10. The molecule has 0 spiro atoms. The molecule has 0 heterocycles. The highest BCUT2D eigenvalue weighted by molar-refractivity contribution is 5.44. The number of likely N-dealkylation sites (N-methyl/N-ethyl adjacent to an activating group) is 1. The Bertz CT molecular complexity index is 361. The van der Waals surface area contributed by atoms with Gasteiger partial charge < -0.3 is 14.7 Å². The molecule has 16 heavy (non-hydrogen) atoms. The molecule has 0 saturated heterocycles. The van der Waals surface area contributed by atoms with E-state index in [2.05, 4.69) is 6.07 Å². The number of rotatable bonds is 4. The van der Waals surface area contributed by atoms with Gasteiger partial charge in [-0.05, 0) is 45.1 Å². The Labute approximate surface area is 97.7 Å². The third-order valence-electron chi connectivity index (χ3n) is 2.58. The zero-order valence-corrected chi connectivity index (χ0v) is 10.7. The van der Waals surface area contributed by atoms with Crippen molar-refractivity contribution in [1.82, 2.24) is 4.90 Å². The van der Waals surface area contributed by atoms with Crippen LogP contribution in [0.4, 0.5) is 0 Å². The Hall–Kier alpha value is -1.06. The van der Waals surface area contributed by atoms with E-state index in [1.54, 1.807) is 7.11 Å². The number of aryl methyl sites for hydroxylation is 2. The molecule has 0 aliphatic heterocycles. The Kier molecular flexibility index (Phi) is 4.33. The van der Waals surface area contributed by atoms with E-state index in [4.69, 9.17) is 4.74 Å². The lowest BCUT2D eigenvalue weighted by Gasteiger charge is -2.21. The summed E-state index contributed by atoms with van der Waals surface area (Å²) in [5, 5.41) is 10.2. The van der Waals surface area contributed by atoms with Crippen molar-refractivity contribution in [3.63, 3.8) is 0 Å². The van der Waals surface area contributed by atoms with Gasteiger partial charge in [-0.25, -0.2) is 0 Å². The number of benzene rings is 1. The van der Waals surface area contributed by atoms with Crippen LogP contribution in [0.3, 0.4) is 0 Å². The third kappa shape index (κ3) is 2.97. The smallest absolute Gasteiger partial charge is 0.125 e. The molecule has 90 valence electrons. The van der Waals surface area contributed by atoms with Gasteiger partial charge in [0, 0.05) is 12.1 Å². The van der Waals surface area contributed by atoms with Crippen LogP contribution in [0.15, 0.2) is 12.1 Å². The van der Waals surface area contributed by atoms with Gasteiger partial charge in [0.2, 0.25) is 0 Å². The van der Waals surface area contributed by atoms with Crippen LogP contribution >= 0.6 is 0 Å². The SMILES string of the molecule is COc1cc(C)cc(C)c1C(O)CN(C)C. The van der Waals surface area contributed by atoms with Gasteiger partial charge in [0.25, 0.3) is 0 Å². The highest BCUT2D eigenvalue weighted by Gasteiger charge is 2.17.